The maximum Gasteiger partial charge on any atom is 0.338 e. The van der Waals surface area contributed by atoms with Crippen molar-refractivity contribution >= 4 is 27.6 Å². The monoisotopic (exact) mass is 387 g/mol. The van der Waals surface area contributed by atoms with Gasteiger partial charge < -0.3 is 10.1 Å². The van der Waals surface area contributed by atoms with Crippen LogP contribution in [0.3, 0.4) is 0 Å². The summed E-state index contributed by atoms with van der Waals surface area (Å²) in [6, 6.07) is 13.6. The summed E-state index contributed by atoms with van der Waals surface area (Å²) >= 11 is 0. The van der Waals surface area contributed by atoms with Gasteiger partial charge in [0.1, 0.15) is 0 Å². The second-order valence-electron chi connectivity index (χ2n) is 5.63. The lowest BCUT2D eigenvalue weighted by Crippen LogP contribution is -2.23. The summed E-state index contributed by atoms with van der Waals surface area (Å²) in [6.45, 7) is -0.555. The van der Waals surface area contributed by atoms with Crippen molar-refractivity contribution < 1.29 is 22.7 Å². The van der Waals surface area contributed by atoms with Crippen molar-refractivity contribution in [1.82, 2.24) is 4.31 Å². The van der Waals surface area contributed by atoms with E-state index in [1.807, 2.05) is 6.07 Å². The number of nitrogens with one attached hydrogen (secondary N) is 1. The third kappa shape index (κ3) is 5.13. The quantitative estimate of drug-likeness (QED) is 0.753. The number of carbonyl (C=O) groups excluding carboxylic acids is 2. The molecule has 2 aromatic rings. The van der Waals surface area contributed by atoms with Crippen molar-refractivity contribution in [1.29, 1.82) is 5.26 Å². The summed E-state index contributed by atoms with van der Waals surface area (Å²) in [4.78, 5) is 23.9. The summed E-state index contributed by atoms with van der Waals surface area (Å²) in [5.74, 6) is -1.41. The number of nitrogens with zero attached hydrogens (tertiary/aromatic N) is 2. The predicted molar refractivity (Wildman–Crippen MR) is 97.4 cm³/mol. The highest BCUT2D eigenvalue weighted by Gasteiger charge is 2.19. The van der Waals surface area contributed by atoms with Crippen LogP contribution in [0.15, 0.2) is 53.4 Å². The molecule has 0 bridgehead atoms. The van der Waals surface area contributed by atoms with E-state index in [1.165, 1.54) is 44.4 Å². The molecule has 0 aliphatic heterocycles. The van der Waals surface area contributed by atoms with Gasteiger partial charge >= 0.3 is 5.97 Å². The fraction of sp³-hybridized carbons (Fsp3) is 0.167. The Bertz CT molecular complexity index is 1010. The van der Waals surface area contributed by atoms with E-state index in [0.717, 1.165) is 4.31 Å². The molecule has 0 unspecified atom stereocenters. The van der Waals surface area contributed by atoms with Gasteiger partial charge in [0, 0.05) is 19.8 Å². The van der Waals surface area contributed by atoms with E-state index in [0.29, 0.717) is 11.3 Å². The summed E-state index contributed by atoms with van der Waals surface area (Å²) in [5.41, 5.74) is 0.787. The number of hydrogen-bond acceptors (Lipinski definition) is 6. The molecule has 1 N–H and O–H groups in total. The number of rotatable bonds is 6. The number of anilines is 1. The van der Waals surface area contributed by atoms with Crippen LogP contribution in [-0.4, -0.2) is 45.3 Å². The molecule has 0 spiro atoms. The Hall–Kier alpha value is -3.22. The number of nitriles is 1. The average molecular weight is 387 g/mol. The number of amides is 1. The molecule has 2 aromatic carbocycles. The lowest BCUT2D eigenvalue weighted by Gasteiger charge is -2.12. The molecule has 140 valence electrons. The first-order chi connectivity index (χ1) is 12.7. The molecule has 0 saturated carbocycles. The SMILES string of the molecule is CN(C)S(=O)(=O)c1cccc(C(=O)OCC(=O)Nc2cccc(C#N)c2)c1. The van der Waals surface area contributed by atoms with Gasteiger partial charge in [-0.25, -0.2) is 17.5 Å². The second-order valence-corrected chi connectivity index (χ2v) is 7.78. The van der Waals surface area contributed by atoms with Gasteiger partial charge in [0.15, 0.2) is 6.61 Å². The van der Waals surface area contributed by atoms with E-state index < -0.39 is 28.5 Å². The third-order valence-electron chi connectivity index (χ3n) is 3.46. The van der Waals surface area contributed by atoms with Gasteiger partial charge in [0.2, 0.25) is 10.0 Å². The molecule has 0 aliphatic carbocycles. The van der Waals surface area contributed by atoms with E-state index in [2.05, 4.69) is 5.32 Å². The normalized spacial score (nSPS) is 10.9. The predicted octanol–water partition coefficient (Wildman–Crippen LogP) is 1.60. The zero-order chi connectivity index (χ0) is 20.0. The van der Waals surface area contributed by atoms with Crippen molar-refractivity contribution in [3.8, 4) is 6.07 Å². The molecule has 8 nitrogen and oxygen atoms in total. The van der Waals surface area contributed by atoms with Crippen LogP contribution in [0.2, 0.25) is 0 Å². The number of esters is 1. The number of sulfonamides is 1. The standard InChI is InChI=1S/C18H17N3O5S/c1-21(2)27(24,25)16-8-4-6-14(10-16)18(23)26-12-17(22)20-15-7-3-5-13(9-15)11-19/h3-10H,12H2,1-2H3,(H,20,22). The van der Waals surface area contributed by atoms with Gasteiger partial charge in [-0.1, -0.05) is 12.1 Å². The second kappa shape index (κ2) is 8.44. The fourth-order valence-electron chi connectivity index (χ4n) is 2.07. The Balaban J connectivity index is 2.01. The maximum atomic E-state index is 12.1. The minimum Gasteiger partial charge on any atom is -0.452 e. The maximum absolute atomic E-state index is 12.1. The molecule has 27 heavy (non-hydrogen) atoms. The number of ether oxygens (including phenoxy) is 1. The summed E-state index contributed by atoms with van der Waals surface area (Å²) < 4.78 is 30.2. The molecule has 0 radical (unpaired) electrons. The molecule has 0 fully saturated rings. The van der Waals surface area contributed by atoms with Crippen molar-refractivity contribution in [3.63, 3.8) is 0 Å². The van der Waals surface area contributed by atoms with Crippen LogP contribution in [-0.2, 0) is 19.6 Å². The highest BCUT2D eigenvalue weighted by atomic mass is 32.2. The summed E-state index contributed by atoms with van der Waals surface area (Å²) in [6.07, 6.45) is 0. The van der Waals surface area contributed by atoms with Crippen LogP contribution in [0, 0.1) is 11.3 Å². The molecule has 0 aromatic heterocycles. The highest BCUT2D eigenvalue weighted by molar-refractivity contribution is 7.89. The average Bonchev–Trinajstić information content (AvgIpc) is 2.66. The largest absolute Gasteiger partial charge is 0.452 e. The molecular formula is C18H17N3O5S. The van der Waals surface area contributed by atoms with Crippen molar-refractivity contribution in [2.24, 2.45) is 0 Å². The summed E-state index contributed by atoms with van der Waals surface area (Å²) in [7, 11) is -0.930. The molecule has 0 atom stereocenters. The van der Waals surface area contributed by atoms with Crippen molar-refractivity contribution in [2.45, 2.75) is 4.90 Å². The Morgan fingerprint density at radius 3 is 2.52 bits per heavy atom. The molecule has 0 aliphatic rings. The number of hydrogen-bond donors (Lipinski definition) is 1. The molecule has 9 heteroatoms. The third-order valence-corrected chi connectivity index (χ3v) is 5.27. The van der Waals surface area contributed by atoms with E-state index in [4.69, 9.17) is 10.00 Å². The van der Waals surface area contributed by atoms with E-state index in [-0.39, 0.29) is 10.5 Å². The number of benzene rings is 2. The van der Waals surface area contributed by atoms with Crippen LogP contribution >= 0.6 is 0 Å². The van der Waals surface area contributed by atoms with Crippen LogP contribution in [0.4, 0.5) is 5.69 Å². The first kappa shape index (κ1) is 20.1. The first-order valence-electron chi connectivity index (χ1n) is 7.74. The minimum atomic E-state index is -3.69. The topological polar surface area (TPSA) is 117 Å². The number of carbonyl (C=O) groups is 2. The van der Waals surface area contributed by atoms with Crippen LogP contribution in [0.25, 0.3) is 0 Å². The first-order valence-corrected chi connectivity index (χ1v) is 9.18. The van der Waals surface area contributed by atoms with E-state index in [1.54, 1.807) is 18.2 Å². The van der Waals surface area contributed by atoms with Gasteiger partial charge in [-0.2, -0.15) is 5.26 Å². The van der Waals surface area contributed by atoms with Gasteiger partial charge in [0.25, 0.3) is 5.91 Å². The molecular weight excluding hydrogens is 370 g/mol. The van der Waals surface area contributed by atoms with Crippen LogP contribution in [0.1, 0.15) is 15.9 Å². The Kier molecular flexibility index (Phi) is 6.28. The van der Waals surface area contributed by atoms with E-state index >= 15 is 0 Å². The zero-order valence-corrected chi connectivity index (χ0v) is 15.5. The Morgan fingerprint density at radius 2 is 1.85 bits per heavy atom. The highest BCUT2D eigenvalue weighted by Crippen LogP contribution is 2.15. The van der Waals surface area contributed by atoms with Gasteiger partial charge in [0.05, 0.1) is 22.1 Å². The van der Waals surface area contributed by atoms with Gasteiger partial charge in [-0.3, -0.25) is 4.79 Å². The summed E-state index contributed by atoms with van der Waals surface area (Å²) in [5, 5.41) is 11.3. The van der Waals surface area contributed by atoms with Crippen molar-refractivity contribution in [3.05, 3.63) is 59.7 Å². The Labute approximate surface area is 157 Å². The van der Waals surface area contributed by atoms with Gasteiger partial charge in [-0.05, 0) is 36.4 Å². The van der Waals surface area contributed by atoms with Gasteiger partial charge in [-0.15, -0.1) is 0 Å². The van der Waals surface area contributed by atoms with E-state index in [9.17, 15) is 18.0 Å². The lowest BCUT2D eigenvalue weighted by molar-refractivity contribution is -0.119. The molecule has 0 heterocycles. The zero-order valence-electron chi connectivity index (χ0n) is 14.7. The fourth-order valence-corrected chi connectivity index (χ4v) is 3.02. The van der Waals surface area contributed by atoms with Crippen molar-refractivity contribution in [2.75, 3.05) is 26.0 Å². The minimum absolute atomic E-state index is 0.0113. The molecule has 1 amide bonds. The smallest absolute Gasteiger partial charge is 0.338 e. The molecule has 0 saturated heterocycles. The lowest BCUT2D eigenvalue weighted by atomic mass is 10.2. The van der Waals surface area contributed by atoms with Crippen LogP contribution in [0.5, 0.6) is 0 Å². The molecule has 2 rings (SSSR count). The van der Waals surface area contributed by atoms with Crippen LogP contribution < -0.4 is 5.32 Å². The Morgan fingerprint density at radius 1 is 1.15 bits per heavy atom.